The molecular weight excluding hydrogens is 282 g/mol. The second kappa shape index (κ2) is 9.09. The molecule has 0 aliphatic heterocycles. The molecule has 1 N–H and O–H groups in total. The van der Waals surface area contributed by atoms with Crippen LogP contribution in [0.3, 0.4) is 0 Å². The molecule has 9 heteroatoms. The van der Waals surface area contributed by atoms with E-state index < -0.39 is 23.1 Å². The number of Topliss-reactive ketones (excluding diaryl/α,β-unsaturated/α-hetero) is 2. The lowest BCUT2D eigenvalue weighted by Crippen LogP contribution is -2.39. The number of hydrogen-bond acceptors (Lipinski definition) is 7. The molecule has 7 nitrogen and oxygen atoms in total. The number of ketones is 2. The van der Waals surface area contributed by atoms with Gasteiger partial charge >= 0.3 is 11.9 Å². The monoisotopic (exact) mass is 298 g/mol. The summed E-state index contributed by atoms with van der Waals surface area (Å²) >= 11 is 0. The summed E-state index contributed by atoms with van der Waals surface area (Å²) in [6.45, 7) is 2.44. The summed E-state index contributed by atoms with van der Waals surface area (Å²) in [5.41, 5.74) is 0. The molecule has 0 saturated heterocycles. The van der Waals surface area contributed by atoms with Crippen LogP contribution in [0.15, 0.2) is 0 Å². The molecule has 0 saturated carbocycles. The van der Waals surface area contributed by atoms with E-state index in [4.69, 9.17) is 5.11 Å². The van der Waals surface area contributed by atoms with E-state index in [2.05, 4.69) is 9.26 Å². The number of rotatable bonds is 4. The van der Waals surface area contributed by atoms with E-state index in [0.717, 1.165) is 14.0 Å². The molecule has 0 spiro atoms. The summed E-state index contributed by atoms with van der Waals surface area (Å²) < 4.78 is 8.26. The fourth-order valence-corrected chi connectivity index (χ4v) is 0.745. The third-order valence-corrected chi connectivity index (χ3v) is 2.46. The maximum absolute atomic E-state index is 10.6. The van der Waals surface area contributed by atoms with E-state index in [1.165, 1.54) is 6.92 Å². The maximum Gasteiger partial charge on any atom is 0.349 e. The van der Waals surface area contributed by atoms with E-state index >= 15 is 0 Å². The van der Waals surface area contributed by atoms with Crippen molar-refractivity contribution in [2.24, 2.45) is 0 Å². The Morgan fingerprint density at radius 3 is 1.78 bits per heavy atom. The highest BCUT2D eigenvalue weighted by atomic mass is 31.0. The zero-order valence-electron chi connectivity index (χ0n) is 10.3. The first-order valence-electron chi connectivity index (χ1n) is 4.59. The Balaban J connectivity index is 0. The minimum absolute atomic E-state index is 0.135. The highest BCUT2D eigenvalue weighted by Gasteiger charge is 2.36. The predicted octanol–water partition coefficient (Wildman–Crippen LogP) is -0.389. The summed E-state index contributed by atoms with van der Waals surface area (Å²) in [6, 6.07) is 0. The normalized spacial score (nSPS) is 12.3. The Morgan fingerprint density at radius 2 is 1.67 bits per heavy atom. The van der Waals surface area contributed by atoms with Gasteiger partial charge in [-0.25, -0.2) is 4.79 Å². The largest absolute Gasteiger partial charge is 0.466 e. The zero-order valence-corrected chi connectivity index (χ0v) is 12.6. The molecule has 3 unspecified atom stereocenters. The van der Waals surface area contributed by atoms with E-state index in [1.807, 2.05) is 0 Å². The van der Waals surface area contributed by atoms with Crippen LogP contribution in [0.2, 0.25) is 0 Å². The van der Waals surface area contributed by atoms with Gasteiger partial charge in [0.15, 0.2) is 5.78 Å². The number of ether oxygens (including phenoxy) is 1. The Bertz CT molecular complexity index is 338. The van der Waals surface area contributed by atoms with Crippen LogP contribution in [0, 0.1) is 0 Å². The highest BCUT2D eigenvalue weighted by Crippen LogP contribution is 2.16. The van der Waals surface area contributed by atoms with Crippen LogP contribution in [0.4, 0.5) is 0 Å². The fraction of sp³-hybridized carbons (Fsp3) is 0.556. The van der Waals surface area contributed by atoms with Gasteiger partial charge in [-0.2, -0.15) is 0 Å². The lowest BCUT2D eigenvalue weighted by molar-refractivity contribution is -0.158. The molecule has 0 bridgehead atoms. The van der Waals surface area contributed by atoms with Gasteiger partial charge in [-0.05, 0) is 13.8 Å². The molecule has 0 aromatic carbocycles. The first-order chi connectivity index (χ1) is 8.09. The van der Waals surface area contributed by atoms with Crippen molar-refractivity contribution in [3.05, 3.63) is 0 Å². The van der Waals surface area contributed by atoms with Crippen molar-refractivity contribution >= 4 is 42.2 Å². The SMILES string of the molecule is CC(=O)CC(=O)OP.COC(=O)C(O)(P)C(C)=O. The smallest absolute Gasteiger partial charge is 0.349 e. The average Bonchev–Trinajstić information content (AvgIpc) is 2.27. The quantitative estimate of drug-likeness (QED) is 0.428. The summed E-state index contributed by atoms with van der Waals surface area (Å²) in [4.78, 5) is 41.3. The van der Waals surface area contributed by atoms with Gasteiger partial charge in [0.1, 0.15) is 12.2 Å². The molecule has 104 valence electrons. The van der Waals surface area contributed by atoms with Crippen LogP contribution in [0.1, 0.15) is 20.3 Å². The first kappa shape index (κ1) is 19.4. The summed E-state index contributed by atoms with van der Waals surface area (Å²) in [5.74, 6) is -2.32. The van der Waals surface area contributed by atoms with Crippen molar-refractivity contribution < 1.29 is 33.5 Å². The number of carbonyl (C=O) groups is 4. The minimum atomic E-state index is -2.07. The third kappa shape index (κ3) is 8.23. The molecule has 0 fully saturated rings. The molecule has 18 heavy (non-hydrogen) atoms. The minimum Gasteiger partial charge on any atom is -0.466 e. The molecular formula is C9H16O7P2. The van der Waals surface area contributed by atoms with Gasteiger partial charge < -0.3 is 14.4 Å². The number of aliphatic hydroxyl groups is 1. The molecule has 0 amide bonds. The maximum atomic E-state index is 10.6. The van der Waals surface area contributed by atoms with Crippen LogP contribution in [-0.2, 0) is 28.4 Å². The zero-order chi connectivity index (χ0) is 14.9. The molecule has 0 rings (SSSR count). The van der Waals surface area contributed by atoms with E-state index in [0.29, 0.717) is 0 Å². The topological polar surface area (TPSA) is 107 Å². The molecule has 0 radical (unpaired) electrons. The standard InChI is InChI=1S/C5H9O4P.C4H7O3P/c1-3(6)5(8,10)4(7)9-2;1-3(5)2-4(6)7-8/h8H,10H2,1-2H3;2,8H2,1H3. The van der Waals surface area contributed by atoms with Crippen LogP contribution in [0.25, 0.3) is 0 Å². The third-order valence-electron chi connectivity index (χ3n) is 1.56. The first-order valence-corrected chi connectivity index (χ1v) is 5.64. The van der Waals surface area contributed by atoms with Crippen molar-refractivity contribution in [1.29, 1.82) is 0 Å². The molecule has 0 aromatic rings. The molecule has 0 aliphatic rings. The van der Waals surface area contributed by atoms with Crippen LogP contribution in [0.5, 0.6) is 0 Å². The van der Waals surface area contributed by atoms with Crippen molar-refractivity contribution in [2.45, 2.75) is 25.6 Å². The molecule has 0 aliphatic carbocycles. The van der Waals surface area contributed by atoms with Gasteiger partial charge in [-0.15, -0.1) is 0 Å². The Hall–Kier alpha value is -0.900. The van der Waals surface area contributed by atoms with E-state index in [-0.39, 0.29) is 12.2 Å². The fourth-order valence-electron chi connectivity index (χ4n) is 0.544. The van der Waals surface area contributed by atoms with Crippen molar-refractivity contribution in [3.8, 4) is 0 Å². The number of carbonyl (C=O) groups excluding carboxylic acids is 4. The Kier molecular flexibility index (Phi) is 9.81. The Morgan fingerprint density at radius 1 is 1.22 bits per heavy atom. The molecule has 0 heterocycles. The second-order valence-corrected chi connectivity index (χ2v) is 4.25. The van der Waals surface area contributed by atoms with Gasteiger partial charge in [0.05, 0.1) is 16.6 Å². The summed E-state index contributed by atoms with van der Waals surface area (Å²) in [5, 5.41) is 6.92. The van der Waals surface area contributed by atoms with Crippen molar-refractivity contribution in [2.75, 3.05) is 7.11 Å². The van der Waals surface area contributed by atoms with Gasteiger partial charge in [0, 0.05) is 0 Å². The average molecular weight is 298 g/mol. The van der Waals surface area contributed by atoms with Crippen molar-refractivity contribution in [3.63, 3.8) is 0 Å². The van der Waals surface area contributed by atoms with Crippen LogP contribution in [-0.4, -0.2) is 41.1 Å². The summed E-state index contributed by atoms with van der Waals surface area (Å²) in [6.07, 6.45) is -0.135. The van der Waals surface area contributed by atoms with Gasteiger partial charge in [0.25, 0.3) is 0 Å². The number of hydrogen-bond donors (Lipinski definition) is 1. The van der Waals surface area contributed by atoms with Gasteiger partial charge in [-0.3, -0.25) is 14.4 Å². The predicted molar refractivity (Wildman–Crippen MR) is 68.5 cm³/mol. The molecule has 3 atom stereocenters. The lowest BCUT2D eigenvalue weighted by Gasteiger charge is -2.15. The molecule has 0 aromatic heterocycles. The van der Waals surface area contributed by atoms with Crippen molar-refractivity contribution in [1.82, 2.24) is 0 Å². The lowest BCUT2D eigenvalue weighted by atomic mass is 10.2. The summed E-state index contributed by atoms with van der Waals surface area (Å²) in [7, 11) is 4.60. The highest BCUT2D eigenvalue weighted by molar-refractivity contribution is 7.22. The second-order valence-electron chi connectivity index (χ2n) is 3.18. The van der Waals surface area contributed by atoms with E-state index in [1.54, 1.807) is 18.7 Å². The van der Waals surface area contributed by atoms with Gasteiger partial charge in [0.2, 0.25) is 5.34 Å². The van der Waals surface area contributed by atoms with Crippen LogP contribution < -0.4 is 0 Å². The Labute approximate surface area is 109 Å². The van der Waals surface area contributed by atoms with E-state index in [9.17, 15) is 19.2 Å². The number of methoxy groups -OCH3 is 1. The number of esters is 1. The van der Waals surface area contributed by atoms with Crippen LogP contribution >= 0.6 is 18.7 Å². The van der Waals surface area contributed by atoms with Gasteiger partial charge in [-0.1, -0.05) is 9.24 Å².